The molecule has 2 N–H and O–H groups in total. The topological polar surface area (TPSA) is 41.6 Å². The lowest BCUT2D eigenvalue weighted by molar-refractivity contribution is 0.317. The fourth-order valence-corrected chi connectivity index (χ4v) is 3.30. The normalized spacial score (nSPS) is 22.3. The molecule has 0 saturated heterocycles. The molecule has 1 aromatic rings. The lowest BCUT2D eigenvalue weighted by atomic mass is 9.80. The van der Waals surface area contributed by atoms with Crippen LogP contribution in [0.1, 0.15) is 37.7 Å². The number of guanidine groups is 1. The van der Waals surface area contributed by atoms with Gasteiger partial charge in [0.05, 0.1) is 12.1 Å². The van der Waals surface area contributed by atoms with E-state index in [0.717, 1.165) is 6.54 Å². The molecule has 0 atom stereocenters. The summed E-state index contributed by atoms with van der Waals surface area (Å²) >= 11 is 0. The van der Waals surface area contributed by atoms with Crippen molar-refractivity contribution in [3.63, 3.8) is 0 Å². The summed E-state index contributed by atoms with van der Waals surface area (Å²) in [5.41, 5.74) is 8.77. The lowest BCUT2D eigenvalue weighted by Crippen LogP contribution is -2.53. The third-order valence-electron chi connectivity index (χ3n) is 4.32. The van der Waals surface area contributed by atoms with Crippen LogP contribution in [-0.2, 0) is 0 Å². The van der Waals surface area contributed by atoms with Crippen LogP contribution < -0.4 is 10.6 Å². The summed E-state index contributed by atoms with van der Waals surface area (Å²) in [6, 6.07) is 8.63. The van der Waals surface area contributed by atoms with Crippen molar-refractivity contribution in [3.8, 4) is 0 Å². The van der Waals surface area contributed by atoms with E-state index >= 15 is 0 Å². The standard InChI is InChI=1S/C15H21N3/c1-12-5-7-13(8-6-12)18-14(16)17-11-15(18)9-3-2-4-10-15/h5-8H,2-4,9-11H2,1H3,(H2,16,17). The van der Waals surface area contributed by atoms with Crippen LogP contribution in [0.25, 0.3) is 0 Å². The van der Waals surface area contributed by atoms with Gasteiger partial charge < -0.3 is 10.6 Å². The zero-order valence-electron chi connectivity index (χ0n) is 11.0. The van der Waals surface area contributed by atoms with Gasteiger partial charge in [-0.1, -0.05) is 37.0 Å². The fraction of sp³-hybridized carbons (Fsp3) is 0.533. The molecule has 3 heteroatoms. The van der Waals surface area contributed by atoms with Gasteiger partial charge in [-0.15, -0.1) is 0 Å². The van der Waals surface area contributed by atoms with E-state index in [1.165, 1.54) is 43.4 Å². The predicted octanol–water partition coefficient (Wildman–Crippen LogP) is 2.83. The van der Waals surface area contributed by atoms with Crippen molar-refractivity contribution < 1.29 is 0 Å². The summed E-state index contributed by atoms with van der Waals surface area (Å²) in [7, 11) is 0. The van der Waals surface area contributed by atoms with Gasteiger partial charge in [0.2, 0.25) is 0 Å². The quantitative estimate of drug-likeness (QED) is 0.824. The molecule has 18 heavy (non-hydrogen) atoms. The molecule has 2 aliphatic rings. The number of benzene rings is 1. The summed E-state index contributed by atoms with van der Waals surface area (Å²) < 4.78 is 0. The van der Waals surface area contributed by atoms with E-state index in [1.807, 2.05) is 0 Å². The highest BCUT2D eigenvalue weighted by Crippen LogP contribution is 2.39. The van der Waals surface area contributed by atoms with Crippen LogP contribution >= 0.6 is 0 Å². The lowest BCUT2D eigenvalue weighted by Gasteiger charge is -2.42. The average molecular weight is 243 g/mol. The molecule has 1 aliphatic heterocycles. The Kier molecular flexibility index (Phi) is 2.77. The molecule has 1 heterocycles. The largest absolute Gasteiger partial charge is 0.369 e. The molecule has 3 rings (SSSR count). The zero-order valence-corrected chi connectivity index (χ0v) is 11.0. The molecular formula is C15H21N3. The van der Waals surface area contributed by atoms with Crippen LogP contribution in [0, 0.1) is 6.92 Å². The van der Waals surface area contributed by atoms with Crippen molar-refractivity contribution in [2.45, 2.75) is 44.6 Å². The molecule has 3 nitrogen and oxygen atoms in total. The third kappa shape index (κ3) is 1.78. The van der Waals surface area contributed by atoms with Gasteiger partial charge in [0.25, 0.3) is 0 Å². The van der Waals surface area contributed by atoms with E-state index in [1.54, 1.807) is 0 Å². The Bertz CT molecular complexity index is 455. The van der Waals surface area contributed by atoms with Crippen molar-refractivity contribution >= 4 is 11.6 Å². The van der Waals surface area contributed by atoms with Crippen LogP contribution in [0.3, 0.4) is 0 Å². The summed E-state index contributed by atoms with van der Waals surface area (Å²) in [6.45, 7) is 2.98. The minimum absolute atomic E-state index is 0.164. The van der Waals surface area contributed by atoms with Gasteiger partial charge in [-0.2, -0.15) is 0 Å². The number of hydrogen-bond donors (Lipinski definition) is 1. The monoisotopic (exact) mass is 243 g/mol. The van der Waals surface area contributed by atoms with Crippen LogP contribution in [0.4, 0.5) is 5.69 Å². The maximum Gasteiger partial charge on any atom is 0.196 e. The predicted molar refractivity (Wildman–Crippen MR) is 76.0 cm³/mol. The number of nitrogens with zero attached hydrogens (tertiary/aromatic N) is 2. The molecule has 0 bridgehead atoms. The number of rotatable bonds is 1. The van der Waals surface area contributed by atoms with E-state index in [-0.39, 0.29) is 5.54 Å². The van der Waals surface area contributed by atoms with E-state index < -0.39 is 0 Å². The van der Waals surface area contributed by atoms with Crippen LogP contribution in [0.15, 0.2) is 29.3 Å². The van der Waals surface area contributed by atoms with Crippen molar-refractivity contribution in [2.24, 2.45) is 10.7 Å². The van der Waals surface area contributed by atoms with Crippen molar-refractivity contribution in [3.05, 3.63) is 29.8 Å². The molecule has 96 valence electrons. The van der Waals surface area contributed by atoms with Gasteiger partial charge in [0.15, 0.2) is 5.96 Å². The molecule has 1 fully saturated rings. The number of nitrogens with two attached hydrogens (primary N) is 1. The Balaban J connectivity index is 1.96. The highest BCUT2D eigenvalue weighted by Gasteiger charge is 2.43. The smallest absolute Gasteiger partial charge is 0.196 e. The maximum atomic E-state index is 6.13. The summed E-state index contributed by atoms with van der Waals surface area (Å²) in [5, 5.41) is 0. The number of aliphatic imine (C=N–C) groups is 1. The van der Waals surface area contributed by atoms with E-state index in [0.29, 0.717) is 5.96 Å². The minimum atomic E-state index is 0.164. The first kappa shape index (κ1) is 11.6. The van der Waals surface area contributed by atoms with Crippen LogP contribution in [0.5, 0.6) is 0 Å². The summed E-state index contributed by atoms with van der Waals surface area (Å²) in [6.07, 6.45) is 6.37. The SMILES string of the molecule is Cc1ccc(N2C(N)=NCC23CCCCC3)cc1. The van der Waals surface area contributed by atoms with E-state index in [2.05, 4.69) is 41.1 Å². The Morgan fingerprint density at radius 3 is 2.44 bits per heavy atom. The maximum absolute atomic E-state index is 6.13. The van der Waals surface area contributed by atoms with Crippen molar-refractivity contribution in [1.82, 2.24) is 0 Å². The van der Waals surface area contributed by atoms with Crippen LogP contribution in [0.2, 0.25) is 0 Å². The van der Waals surface area contributed by atoms with Crippen molar-refractivity contribution in [2.75, 3.05) is 11.4 Å². The van der Waals surface area contributed by atoms with Gasteiger partial charge in [-0.05, 0) is 31.9 Å². The second kappa shape index (κ2) is 4.30. The Labute approximate surface area is 109 Å². The Morgan fingerprint density at radius 2 is 1.78 bits per heavy atom. The highest BCUT2D eigenvalue weighted by molar-refractivity contribution is 5.98. The number of aryl methyl sites for hydroxylation is 1. The molecule has 1 aliphatic carbocycles. The summed E-state index contributed by atoms with van der Waals surface area (Å²) in [5.74, 6) is 0.695. The first-order chi connectivity index (χ1) is 8.71. The fourth-order valence-electron chi connectivity index (χ4n) is 3.30. The molecule has 1 spiro atoms. The minimum Gasteiger partial charge on any atom is -0.369 e. The zero-order chi connectivity index (χ0) is 12.6. The molecule has 1 aromatic carbocycles. The number of hydrogen-bond acceptors (Lipinski definition) is 3. The third-order valence-corrected chi connectivity index (χ3v) is 4.32. The average Bonchev–Trinajstić information content (AvgIpc) is 2.69. The molecular weight excluding hydrogens is 222 g/mol. The Morgan fingerprint density at radius 1 is 1.11 bits per heavy atom. The molecule has 0 unspecified atom stereocenters. The second-order valence-electron chi connectivity index (χ2n) is 5.63. The van der Waals surface area contributed by atoms with E-state index in [9.17, 15) is 0 Å². The van der Waals surface area contributed by atoms with Gasteiger partial charge in [-0.25, -0.2) is 0 Å². The molecule has 0 radical (unpaired) electrons. The molecule has 0 aromatic heterocycles. The van der Waals surface area contributed by atoms with Crippen molar-refractivity contribution in [1.29, 1.82) is 0 Å². The highest BCUT2D eigenvalue weighted by atomic mass is 15.4. The Hall–Kier alpha value is -1.51. The van der Waals surface area contributed by atoms with Gasteiger partial charge in [0, 0.05) is 5.69 Å². The van der Waals surface area contributed by atoms with Gasteiger partial charge in [0.1, 0.15) is 0 Å². The first-order valence-electron chi connectivity index (χ1n) is 6.88. The van der Waals surface area contributed by atoms with E-state index in [4.69, 9.17) is 5.73 Å². The molecule has 1 saturated carbocycles. The van der Waals surface area contributed by atoms with Crippen LogP contribution in [-0.4, -0.2) is 18.0 Å². The van der Waals surface area contributed by atoms with Gasteiger partial charge in [-0.3, -0.25) is 4.99 Å². The number of anilines is 1. The van der Waals surface area contributed by atoms with Gasteiger partial charge >= 0.3 is 0 Å². The first-order valence-corrected chi connectivity index (χ1v) is 6.88. The molecule has 0 amide bonds. The second-order valence-corrected chi connectivity index (χ2v) is 5.63. The summed E-state index contributed by atoms with van der Waals surface area (Å²) in [4.78, 5) is 6.80.